The summed E-state index contributed by atoms with van der Waals surface area (Å²) in [7, 11) is 0. The predicted molar refractivity (Wildman–Crippen MR) is 112 cm³/mol. The first-order valence-corrected chi connectivity index (χ1v) is 11.1. The summed E-state index contributed by atoms with van der Waals surface area (Å²) in [4.78, 5) is 21.6. The Kier molecular flexibility index (Phi) is 4.28. The second kappa shape index (κ2) is 7.12. The number of nitrogens with one attached hydrogen (secondary N) is 2. The summed E-state index contributed by atoms with van der Waals surface area (Å²) in [5.74, 6) is 3.61. The molecule has 0 bridgehead atoms. The fourth-order valence-corrected chi connectivity index (χ4v) is 4.46. The van der Waals surface area contributed by atoms with Gasteiger partial charge in [0.05, 0.1) is 0 Å². The average Bonchev–Trinajstić information content (AvgIpc) is 3.68. The lowest BCUT2D eigenvalue weighted by Gasteiger charge is -2.35. The summed E-state index contributed by atoms with van der Waals surface area (Å²) >= 11 is 0. The van der Waals surface area contributed by atoms with Crippen LogP contribution in [0.1, 0.15) is 50.1 Å². The molecule has 29 heavy (non-hydrogen) atoms. The van der Waals surface area contributed by atoms with Crippen molar-refractivity contribution in [2.24, 2.45) is 0 Å². The number of anilines is 4. The van der Waals surface area contributed by atoms with Gasteiger partial charge in [-0.2, -0.15) is 20.1 Å². The van der Waals surface area contributed by atoms with Crippen LogP contribution in [0.4, 0.5) is 23.7 Å². The fourth-order valence-electron chi connectivity index (χ4n) is 4.46. The highest BCUT2D eigenvalue weighted by Gasteiger charge is 2.32. The number of rotatable bonds is 6. The number of hydrogen-bond acceptors (Lipinski definition) is 8. The van der Waals surface area contributed by atoms with Crippen molar-refractivity contribution in [3.63, 3.8) is 0 Å². The maximum Gasteiger partial charge on any atom is 0.235 e. The Morgan fingerprint density at radius 3 is 2.17 bits per heavy atom. The molecule has 154 valence electrons. The van der Waals surface area contributed by atoms with E-state index < -0.39 is 0 Å². The molecule has 0 amide bonds. The van der Waals surface area contributed by atoms with E-state index in [2.05, 4.69) is 36.3 Å². The fraction of sp³-hybridized carbons (Fsp3) is 0.700. The third-order valence-corrected chi connectivity index (χ3v) is 6.52. The molecule has 2 saturated heterocycles. The van der Waals surface area contributed by atoms with Crippen LogP contribution >= 0.6 is 0 Å². The smallest absolute Gasteiger partial charge is 0.235 e. The third-order valence-electron chi connectivity index (χ3n) is 6.52. The van der Waals surface area contributed by atoms with Gasteiger partial charge in [-0.05, 0) is 38.5 Å². The summed E-state index contributed by atoms with van der Waals surface area (Å²) in [6, 6.07) is 2.92. The Balaban J connectivity index is 1.24. The van der Waals surface area contributed by atoms with Gasteiger partial charge in [-0.1, -0.05) is 0 Å². The van der Waals surface area contributed by atoms with Crippen LogP contribution in [-0.2, 0) is 0 Å². The van der Waals surface area contributed by atoms with E-state index >= 15 is 0 Å². The highest BCUT2D eigenvalue weighted by Crippen LogP contribution is 2.39. The van der Waals surface area contributed by atoms with E-state index in [1.807, 2.05) is 0 Å². The molecule has 4 heterocycles. The Bertz CT molecular complexity index is 859. The van der Waals surface area contributed by atoms with Crippen molar-refractivity contribution in [3.05, 3.63) is 11.8 Å². The van der Waals surface area contributed by atoms with Gasteiger partial charge in [0.1, 0.15) is 0 Å². The molecule has 2 aromatic rings. The minimum Gasteiger partial charge on any atom is -0.341 e. The van der Waals surface area contributed by atoms with Gasteiger partial charge in [0.2, 0.25) is 17.8 Å². The van der Waals surface area contributed by atoms with Crippen molar-refractivity contribution < 1.29 is 0 Å². The quantitative estimate of drug-likeness (QED) is 0.769. The van der Waals surface area contributed by atoms with Crippen LogP contribution < -0.4 is 15.1 Å². The molecule has 9 heteroatoms. The molecule has 0 spiro atoms. The van der Waals surface area contributed by atoms with E-state index in [1.165, 1.54) is 44.2 Å². The first-order valence-electron chi connectivity index (χ1n) is 11.1. The van der Waals surface area contributed by atoms with Crippen molar-refractivity contribution in [1.82, 2.24) is 30.0 Å². The molecule has 2 aromatic heterocycles. The highest BCUT2D eigenvalue weighted by atomic mass is 15.4. The minimum atomic E-state index is 0.593. The first kappa shape index (κ1) is 17.4. The second-order valence-electron chi connectivity index (χ2n) is 8.82. The molecule has 2 aliphatic heterocycles. The lowest BCUT2D eigenvalue weighted by atomic mass is 10.3. The van der Waals surface area contributed by atoms with Crippen LogP contribution in [0.3, 0.4) is 0 Å². The van der Waals surface area contributed by atoms with Crippen molar-refractivity contribution in [3.8, 4) is 0 Å². The van der Waals surface area contributed by atoms with Gasteiger partial charge < -0.3 is 15.1 Å². The Morgan fingerprint density at radius 2 is 1.52 bits per heavy atom. The summed E-state index contributed by atoms with van der Waals surface area (Å²) in [6.45, 7) is 6.20. The molecule has 2 saturated carbocycles. The van der Waals surface area contributed by atoms with E-state index in [0.29, 0.717) is 11.9 Å². The van der Waals surface area contributed by atoms with E-state index in [1.54, 1.807) is 0 Å². The molecule has 4 aliphatic rings. The van der Waals surface area contributed by atoms with Crippen molar-refractivity contribution in [2.75, 3.05) is 54.4 Å². The standard InChI is InChI=1S/C20H29N9/c1-2-8-28(7-1)19-22-18(21-17-13-16(25-26-17)14-3-4-14)23-20(24-19)29-11-9-27(10-12-29)15-5-6-15/h13-15H,1-12H2,(H2,21,22,23,24,25,26). The number of aromatic amines is 1. The number of nitrogens with zero attached hydrogens (tertiary/aromatic N) is 7. The first-order chi connectivity index (χ1) is 14.3. The van der Waals surface area contributed by atoms with Gasteiger partial charge in [-0.3, -0.25) is 10.00 Å². The maximum absolute atomic E-state index is 4.85. The van der Waals surface area contributed by atoms with E-state index in [9.17, 15) is 0 Å². The van der Waals surface area contributed by atoms with Crippen LogP contribution in [0, 0.1) is 0 Å². The summed E-state index contributed by atoms with van der Waals surface area (Å²) in [6.07, 6.45) is 7.64. The van der Waals surface area contributed by atoms with Crippen molar-refractivity contribution in [2.45, 2.75) is 50.5 Å². The normalized spacial score (nSPS) is 23.0. The number of hydrogen-bond donors (Lipinski definition) is 2. The van der Waals surface area contributed by atoms with Gasteiger partial charge in [-0.25, -0.2) is 0 Å². The second-order valence-corrected chi connectivity index (χ2v) is 8.82. The topological polar surface area (TPSA) is 89.1 Å². The molecule has 2 aliphatic carbocycles. The van der Waals surface area contributed by atoms with Gasteiger partial charge in [0.15, 0.2) is 5.82 Å². The van der Waals surface area contributed by atoms with E-state index in [-0.39, 0.29) is 0 Å². The van der Waals surface area contributed by atoms with Gasteiger partial charge in [0.25, 0.3) is 0 Å². The van der Waals surface area contributed by atoms with Crippen LogP contribution in [0.25, 0.3) is 0 Å². The number of H-pyrrole nitrogens is 1. The number of piperazine rings is 1. The zero-order valence-corrected chi connectivity index (χ0v) is 16.8. The van der Waals surface area contributed by atoms with Crippen molar-refractivity contribution in [1.29, 1.82) is 0 Å². The molecular formula is C20H29N9. The molecule has 4 fully saturated rings. The lowest BCUT2D eigenvalue weighted by Crippen LogP contribution is -2.48. The Hall–Kier alpha value is -2.42. The van der Waals surface area contributed by atoms with Crippen LogP contribution in [0.5, 0.6) is 0 Å². The summed E-state index contributed by atoms with van der Waals surface area (Å²) in [5, 5.41) is 10.9. The monoisotopic (exact) mass is 395 g/mol. The molecule has 0 aromatic carbocycles. The Morgan fingerprint density at radius 1 is 0.828 bits per heavy atom. The zero-order chi connectivity index (χ0) is 19.2. The SMILES string of the molecule is c1c(Nc2nc(N3CCCC3)nc(N3CCN(C4CC4)CC3)n2)n[nH]c1C1CC1. The molecule has 6 rings (SSSR count). The van der Waals surface area contributed by atoms with E-state index in [4.69, 9.17) is 15.0 Å². The molecule has 0 radical (unpaired) electrons. The minimum absolute atomic E-state index is 0.593. The predicted octanol–water partition coefficient (Wildman–Crippen LogP) is 2.10. The molecule has 9 nitrogen and oxygen atoms in total. The molecule has 2 N–H and O–H groups in total. The van der Waals surface area contributed by atoms with E-state index in [0.717, 1.165) is 63.0 Å². The maximum atomic E-state index is 4.85. The summed E-state index contributed by atoms with van der Waals surface area (Å²) in [5.41, 5.74) is 1.21. The summed E-state index contributed by atoms with van der Waals surface area (Å²) < 4.78 is 0. The van der Waals surface area contributed by atoms with Gasteiger partial charge in [0, 0.05) is 63.0 Å². The van der Waals surface area contributed by atoms with Crippen LogP contribution in [-0.4, -0.2) is 75.4 Å². The third kappa shape index (κ3) is 3.75. The van der Waals surface area contributed by atoms with Gasteiger partial charge in [-0.15, -0.1) is 0 Å². The largest absolute Gasteiger partial charge is 0.341 e. The lowest BCUT2D eigenvalue weighted by molar-refractivity contribution is 0.247. The van der Waals surface area contributed by atoms with Gasteiger partial charge >= 0.3 is 0 Å². The molecule has 0 unspecified atom stereocenters. The van der Waals surface area contributed by atoms with Crippen LogP contribution in [0.2, 0.25) is 0 Å². The Labute approximate surface area is 170 Å². The zero-order valence-electron chi connectivity index (χ0n) is 16.8. The average molecular weight is 396 g/mol. The number of aromatic nitrogens is 5. The molecule has 0 atom stereocenters. The van der Waals surface area contributed by atoms with Crippen molar-refractivity contribution >= 4 is 23.7 Å². The van der Waals surface area contributed by atoms with Crippen LogP contribution in [0.15, 0.2) is 6.07 Å². The highest BCUT2D eigenvalue weighted by molar-refractivity contribution is 5.53. The molecular weight excluding hydrogens is 366 g/mol.